The Balaban J connectivity index is 2.04. The minimum atomic E-state index is -0.0278. The molecule has 1 unspecified atom stereocenters. The highest BCUT2D eigenvalue weighted by Gasteiger charge is 2.05. The predicted molar refractivity (Wildman–Crippen MR) is 86.3 cm³/mol. The van der Waals surface area contributed by atoms with Gasteiger partial charge in [0.05, 0.1) is 0 Å². The van der Waals surface area contributed by atoms with Crippen LogP contribution in [0.3, 0.4) is 0 Å². The maximum Gasteiger partial charge on any atom is 0.257 e. The van der Waals surface area contributed by atoms with Crippen molar-refractivity contribution < 1.29 is 0 Å². The summed E-state index contributed by atoms with van der Waals surface area (Å²) in [5.41, 5.74) is -0.0278. The molecule has 0 bridgehead atoms. The smallest absolute Gasteiger partial charge is 0.257 e. The normalized spacial score (nSPS) is 12.8. The lowest BCUT2D eigenvalue weighted by Gasteiger charge is -2.16. The van der Waals surface area contributed by atoms with Gasteiger partial charge in [-0.05, 0) is 36.8 Å². The Morgan fingerprint density at radius 2 is 1.90 bits per heavy atom. The van der Waals surface area contributed by atoms with Gasteiger partial charge in [0.2, 0.25) is 0 Å². The summed E-state index contributed by atoms with van der Waals surface area (Å²) in [6.07, 6.45) is 3.58. The van der Waals surface area contributed by atoms with Gasteiger partial charge in [-0.15, -0.1) is 0 Å². The van der Waals surface area contributed by atoms with Crippen molar-refractivity contribution in [2.75, 3.05) is 5.32 Å². The van der Waals surface area contributed by atoms with Gasteiger partial charge in [0.25, 0.3) is 5.56 Å². The number of hydrogen-bond acceptors (Lipinski definition) is 2. The van der Waals surface area contributed by atoms with Crippen molar-refractivity contribution in [1.82, 2.24) is 4.98 Å². The van der Waals surface area contributed by atoms with Crippen molar-refractivity contribution in [1.29, 1.82) is 0 Å². The van der Waals surface area contributed by atoms with Crippen LogP contribution in [-0.4, -0.2) is 11.0 Å². The molecule has 2 aromatic rings. The van der Waals surface area contributed by atoms with E-state index in [1.807, 2.05) is 30.3 Å². The second-order valence-corrected chi connectivity index (χ2v) is 5.97. The van der Waals surface area contributed by atoms with E-state index in [1.54, 1.807) is 0 Å². The third-order valence-corrected chi connectivity index (χ3v) is 3.57. The highest BCUT2D eigenvalue weighted by Crippen LogP contribution is 2.15. The van der Waals surface area contributed by atoms with E-state index < -0.39 is 0 Å². The molecule has 1 aromatic carbocycles. The lowest BCUT2D eigenvalue weighted by atomic mass is 10.0. The first-order valence-corrected chi connectivity index (χ1v) is 7.45. The zero-order valence-electron chi connectivity index (χ0n) is 12.6. The molecule has 0 spiro atoms. The summed E-state index contributed by atoms with van der Waals surface area (Å²) in [6.45, 7) is 6.66. The van der Waals surface area contributed by atoms with Crippen molar-refractivity contribution in [3.63, 3.8) is 0 Å². The fourth-order valence-electron chi connectivity index (χ4n) is 2.46. The standard InChI is InChI=1S/C17H24N2O/c1-12(2)7-6-8-13(3)18-16-11-14-9-4-5-10-15(14)17(20)19-16/h4-5,9-13H,6-8H2,1-3H3,(H2,18,19,20). The van der Waals surface area contributed by atoms with E-state index in [-0.39, 0.29) is 5.56 Å². The van der Waals surface area contributed by atoms with Crippen LogP contribution in [0.5, 0.6) is 0 Å². The fraction of sp³-hybridized carbons (Fsp3) is 0.471. The van der Waals surface area contributed by atoms with Crippen molar-refractivity contribution >= 4 is 16.6 Å². The summed E-state index contributed by atoms with van der Waals surface area (Å²) < 4.78 is 0. The third-order valence-electron chi connectivity index (χ3n) is 3.57. The number of aromatic nitrogens is 1. The Labute approximate surface area is 120 Å². The molecule has 0 amide bonds. The lowest BCUT2D eigenvalue weighted by Crippen LogP contribution is -2.19. The Hall–Kier alpha value is -1.77. The molecule has 0 radical (unpaired) electrons. The number of pyridine rings is 1. The second kappa shape index (κ2) is 6.60. The number of anilines is 1. The molecule has 3 heteroatoms. The van der Waals surface area contributed by atoms with Gasteiger partial charge in [0.1, 0.15) is 5.82 Å². The van der Waals surface area contributed by atoms with E-state index in [0.29, 0.717) is 6.04 Å². The van der Waals surface area contributed by atoms with Crippen LogP contribution < -0.4 is 10.9 Å². The zero-order valence-corrected chi connectivity index (χ0v) is 12.6. The molecular formula is C17H24N2O. The minimum absolute atomic E-state index is 0.0278. The van der Waals surface area contributed by atoms with Gasteiger partial charge in [-0.3, -0.25) is 4.79 Å². The van der Waals surface area contributed by atoms with Gasteiger partial charge in [-0.2, -0.15) is 0 Å². The van der Waals surface area contributed by atoms with Crippen LogP contribution in [0.1, 0.15) is 40.0 Å². The van der Waals surface area contributed by atoms with E-state index in [1.165, 1.54) is 12.8 Å². The second-order valence-electron chi connectivity index (χ2n) is 5.97. The van der Waals surface area contributed by atoms with Crippen molar-refractivity contribution in [2.45, 2.75) is 46.1 Å². The predicted octanol–water partition coefficient (Wildman–Crippen LogP) is 4.15. The maximum atomic E-state index is 12.0. The number of benzene rings is 1. The van der Waals surface area contributed by atoms with E-state index in [2.05, 4.69) is 31.1 Å². The van der Waals surface area contributed by atoms with Crippen LogP contribution in [0.25, 0.3) is 10.8 Å². The number of nitrogens with one attached hydrogen (secondary N) is 2. The fourth-order valence-corrected chi connectivity index (χ4v) is 2.46. The summed E-state index contributed by atoms with van der Waals surface area (Å²) in [7, 11) is 0. The molecule has 1 aromatic heterocycles. The van der Waals surface area contributed by atoms with Gasteiger partial charge >= 0.3 is 0 Å². The number of fused-ring (bicyclic) bond motifs is 1. The summed E-state index contributed by atoms with van der Waals surface area (Å²) >= 11 is 0. The van der Waals surface area contributed by atoms with E-state index in [4.69, 9.17) is 0 Å². The van der Waals surface area contributed by atoms with Crippen LogP contribution in [0.2, 0.25) is 0 Å². The number of rotatable bonds is 6. The van der Waals surface area contributed by atoms with Crippen LogP contribution in [0.4, 0.5) is 5.82 Å². The first-order chi connectivity index (χ1) is 9.56. The molecule has 108 valence electrons. The molecule has 2 rings (SSSR count). The molecule has 0 aliphatic carbocycles. The Morgan fingerprint density at radius 1 is 1.15 bits per heavy atom. The minimum Gasteiger partial charge on any atom is -0.369 e. The first kappa shape index (κ1) is 14.6. The van der Waals surface area contributed by atoms with Crippen molar-refractivity contribution in [3.8, 4) is 0 Å². The molecule has 0 aliphatic rings. The lowest BCUT2D eigenvalue weighted by molar-refractivity contribution is 0.520. The van der Waals surface area contributed by atoms with E-state index >= 15 is 0 Å². The summed E-state index contributed by atoms with van der Waals surface area (Å²) in [6, 6.07) is 10.0. The number of H-pyrrole nitrogens is 1. The van der Waals surface area contributed by atoms with E-state index in [9.17, 15) is 4.79 Å². The molecule has 2 N–H and O–H groups in total. The van der Waals surface area contributed by atoms with Gasteiger partial charge in [0.15, 0.2) is 0 Å². The van der Waals surface area contributed by atoms with Crippen LogP contribution in [-0.2, 0) is 0 Å². The molecule has 3 nitrogen and oxygen atoms in total. The Morgan fingerprint density at radius 3 is 2.65 bits per heavy atom. The van der Waals surface area contributed by atoms with Crippen LogP contribution in [0, 0.1) is 5.92 Å². The van der Waals surface area contributed by atoms with Gasteiger partial charge in [-0.1, -0.05) is 44.9 Å². The highest BCUT2D eigenvalue weighted by atomic mass is 16.1. The molecular weight excluding hydrogens is 248 g/mol. The van der Waals surface area contributed by atoms with Crippen molar-refractivity contribution in [2.24, 2.45) is 5.92 Å². The molecule has 1 heterocycles. The SMILES string of the molecule is CC(C)CCCC(C)Nc1cc2ccccc2c(=O)[nH]1. The molecule has 0 saturated heterocycles. The van der Waals surface area contributed by atoms with Crippen LogP contribution in [0.15, 0.2) is 35.1 Å². The molecule has 1 atom stereocenters. The summed E-state index contributed by atoms with van der Waals surface area (Å²) in [5, 5.41) is 5.11. The average molecular weight is 272 g/mol. The first-order valence-electron chi connectivity index (χ1n) is 7.45. The van der Waals surface area contributed by atoms with Gasteiger partial charge < -0.3 is 10.3 Å². The van der Waals surface area contributed by atoms with Crippen LogP contribution >= 0.6 is 0 Å². The largest absolute Gasteiger partial charge is 0.369 e. The molecule has 0 saturated carbocycles. The highest BCUT2D eigenvalue weighted by molar-refractivity contribution is 5.83. The quantitative estimate of drug-likeness (QED) is 0.829. The average Bonchev–Trinajstić information content (AvgIpc) is 2.38. The molecule has 0 aliphatic heterocycles. The molecule has 0 fully saturated rings. The monoisotopic (exact) mass is 272 g/mol. The van der Waals surface area contributed by atoms with E-state index in [0.717, 1.165) is 28.9 Å². The number of aromatic amines is 1. The third kappa shape index (κ3) is 3.86. The van der Waals surface area contributed by atoms with Gasteiger partial charge in [-0.25, -0.2) is 0 Å². The summed E-state index contributed by atoms with van der Waals surface area (Å²) in [4.78, 5) is 14.9. The molecule has 20 heavy (non-hydrogen) atoms. The maximum absolute atomic E-state index is 12.0. The topological polar surface area (TPSA) is 44.9 Å². The van der Waals surface area contributed by atoms with Crippen molar-refractivity contribution in [3.05, 3.63) is 40.7 Å². The Kier molecular flexibility index (Phi) is 4.83. The zero-order chi connectivity index (χ0) is 14.5. The van der Waals surface area contributed by atoms with Gasteiger partial charge in [0, 0.05) is 11.4 Å². The summed E-state index contributed by atoms with van der Waals surface area (Å²) in [5.74, 6) is 1.56. The Bertz CT molecular complexity index is 616. The number of hydrogen-bond donors (Lipinski definition) is 2.